The molecule has 0 fully saturated rings. The molecule has 0 amide bonds. The normalized spacial score (nSPS) is 9.23. The smallest absolute Gasteiger partial charge is 0.165 e. The predicted molar refractivity (Wildman–Crippen MR) is 55.8 cm³/mol. The lowest BCUT2D eigenvalue weighted by Gasteiger charge is -2.01. The molecule has 0 saturated heterocycles. The fourth-order valence-corrected chi connectivity index (χ4v) is 1.30. The van der Waals surface area contributed by atoms with Gasteiger partial charge in [0.25, 0.3) is 0 Å². The van der Waals surface area contributed by atoms with Gasteiger partial charge in [-0.1, -0.05) is 7.43 Å². The van der Waals surface area contributed by atoms with Gasteiger partial charge in [-0.15, -0.1) is 0 Å². The molecule has 0 heterocycles. The molecule has 0 aliphatic carbocycles. The Kier molecular flexibility index (Phi) is 4.46. The molecule has 13 heavy (non-hydrogen) atoms. The van der Waals surface area contributed by atoms with Crippen molar-refractivity contribution in [3.8, 4) is 0 Å². The Labute approximate surface area is 89.3 Å². The van der Waals surface area contributed by atoms with Crippen LogP contribution in [0.5, 0.6) is 0 Å². The minimum atomic E-state index is -0.805. The fourth-order valence-electron chi connectivity index (χ4n) is 0.850. The lowest BCUT2D eigenvalue weighted by Crippen LogP contribution is -2.03. The third-order valence-electron chi connectivity index (χ3n) is 1.40. The van der Waals surface area contributed by atoms with Gasteiger partial charge >= 0.3 is 0 Å². The second-order valence-corrected chi connectivity index (χ2v) is 3.44. The Morgan fingerprint density at radius 1 is 1.38 bits per heavy atom. The fraction of sp³-hybridized carbons (Fsp3) is 0.222. The van der Waals surface area contributed by atoms with Gasteiger partial charge in [-0.25, -0.2) is 8.78 Å². The van der Waals surface area contributed by atoms with Gasteiger partial charge in [0.05, 0.1) is 5.56 Å². The van der Waals surface area contributed by atoms with E-state index in [0.717, 1.165) is 13.0 Å². The van der Waals surface area contributed by atoms with E-state index in [-0.39, 0.29) is 11.0 Å². The molecule has 0 saturated carbocycles. The number of hydrogen-bond donors (Lipinski definition) is 0. The van der Waals surface area contributed by atoms with Crippen LogP contribution in [-0.2, 0) is 0 Å². The van der Waals surface area contributed by atoms with Crippen molar-refractivity contribution in [2.75, 3.05) is 0 Å². The summed E-state index contributed by atoms with van der Waals surface area (Å²) in [5.41, 5.74) is -0.457. The van der Waals surface area contributed by atoms with Crippen LogP contribution in [-0.4, -0.2) is 5.78 Å². The first-order chi connectivity index (χ1) is 5.54. The number of hydrogen-bond acceptors (Lipinski definition) is 1. The molecule has 4 heteroatoms. The number of ketones is 1. The van der Waals surface area contributed by atoms with Crippen molar-refractivity contribution in [2.45, 2.75) is 14.4 Å². The van der Waals surface area contributed by atoms with Crippen LogP contribution in [0.2, 0.25) is 0 Å². The van der Waals surface area contributed by atoms with Gasteiger partial charge in [0.1, 0.15) is 11.6 Å². The van der Waals surface area contributed by atoms with E-state index >= 15 is 0 Å². The number of benzene rings is 1. The van der Waals surface area contributed by atoms with Crippen molar-refractivity contribution in [1.29, 1.82) is 0 Å². The average Bonchev–Trinajstić information content (AvgIpc) is 1.97. The van der Waals surface area contributed by atoms with E-state index in [2.05, 4.69) is 0 Å². The molecule has 0 unspecified atom stereocenters. The minimum Gasteiger partial charge on any atom is -0.294 e. The summed E-state index contributed by atoms with van der Waals surface area (Å²) in [6.07, 6.45) is 0. The molecule has 0 aliphatic rings. The van der Waals surface area contributed by atoms with Crippen LogP contribution in [0.25, 0.3) is 0 Å². The summed E-state index contributed by atoms with van der Waals surface area (Å²) in [5, 5.41) is 0. The Morgan fingerprint density at radius 3 is 2.31 bits per heavy atom. The molecule has 72 valence electrons. The molecule has 1 rings (SSSR count). The molecule has 1 nitrogen and oxygen atoms in total. The third-order valence-corrected chi connectivity index (χ3v) is 2.23. The van der Waals surface area contributed by atoms with Gasteiger partial charge in [-0.05, 0) is 41.6 Å². The van der Waals surface area contributed by atoms with E-state index in [1.165, 1.54) is 6.07 Å². The molecule has 0 radical (unpaired) electrons. The van der Waals surface area contributed by atoms with Crippen molar-refractivity contribution >= 4 is 28.4 Å². The highest BCUT2D eigenvalue weighted by Crippen LogP contribution is 2.18. The monoisotopic (exact) mass is 298 g/mol. The summed E-state index contributed by atoms with van der Waals surface area (Å²) in [6.45, 7) is 1.14. The predicted octanol–water partition coefficient (Wildman–Crippen LogP) is 3.41. The summed E-state index contributed by atoms with van der Waals surface area (Å²) in [7, 11) is 0. The van der Waals surface area contributed by atoms with Crippen LogP contribution in [0, 0.1) is 15.2 Å². The zero-order valence-electron chi connectivity index (χ0n) is 6.20. The summed E-state index contributed by atoms with van der Waals surface area (Å²) in [4.78, 5) is 10.8. The standard InChI is InChI=1S/C8H5F2IO.CH4/c1-4(12)7-5(9)2-3-6(11)8(7)10;/h2-3H,1H3;1H4. The van der Waals surface area contributed by atoms with Crippen LogP contribution in [0.4, 0.5) is 8.78 Å². The lowest BCUT2D eigenvalue weighted by molar-refractivity contribution is 0.100. The second kappa shape index (κ2) is 4.64. The van der Waals surface area contributed by atoms with E-state index in [9.17, 15) is 13.6 Å². The molecule has 1 aromatic carbocycles. The van der Waals surface area contributed by atoms with E-state index in [1.54, 1.807) is 22.6 Å². The molecule has 0 spiro atoms. The van der Waals surface area contributed by atoms with Gasteiger partial charge in [0.2, 0.25) is 0 Å². The SMILES string of the molecule is C.CC(=O)c1c(F)ccc(I)c1F. The van der Waals surface area contributed by atoms with Gasteiger partial charge in [-0.2, -0.15) is 0 Å². The Balaban J connectivity index is 0.00000144. The molecular formula is C9H9F2IO. The number of rotatable bonds is 1. The maximum absolute atomic E-state index is 13.0. The van der Waals surface area contributed by atoms with Crippen molar-refractivity contribution in [1.82, 2.24) is 0 Å². The molecule has 0 aromatic heterocycles. The summed E-state index contributed by atoms with van der Waals surface area (Å²) in [5.74, 6) is -2.17. The van der Waals surface area contributed by atoms with E-state index in [4.69, 9.17) is 0 Å². The zero-order chi connectivity index (χ0) is 9.30. The Bertz CT molecular complexity index is 337. The lowest BCUT2D eigenvalue weighted by atomic mass is 10.1. The van der Waals surface area contributed by atoms with Crippen LogP contribution in [0.3, 0.4) is 0 Å². The van der Waals surface area contributed by atoms with E-state index in [1.807, 2.05) is 0 Å². The highest BCUT2D eigenvalue weighted by Gasteiger charge is 2.15. The molecule has 1 aromatic rings. The zero-order valence-corrected chi connectivity index (χ0v) is 8.35. The highest BCUT2D eigenvalue weighted by atomic mass is 127. The van der Waals surface area contributed by atoms with Crippen molar-refractivity contribution in [3.05, 3.63) is 32.9 Å². The average molecular weight is 298 g/mol. The van der Waals surface area contributed by atoms with E-state index in [0.29, 0.717) is 0 Å². The minimum absolute atomic E-state index is 0. The maximum Gasteiger partial charge on any atom is 0.165 e. The Morgan fingerprint density at radius 2 is 1.92 bits per heavy atom. The summed E-state index contributed by atoms with van der Waals surface area (Å²) < 4.78 is 26.1. The van der Waals surface area contributed by atoms with Crippen LogP contribution >= 0.6 is 22.6 Å². The molecule has 0 bridgehead atoms. The number of halogens is 3. The van der Waals surface area contributed by atoms with Crippen LogP contribution in [0.15, 0.2) is 12.1 Å². The molecular weight excluding hydrogens is 289 g/mol. The summed E-state index contributed by atoms with van der Waals surface area (Å²) in [6, 6.07) is 2.37. The Hall–Kier alpha value is -0.520. The first-order valence-electron chi connectivity index (χ1n) is 3.18. The highest BCUT2D eigenvalue weighted by molar-refractivity contribution is 14.1. The topological polar surface area (TPSA) is 17.1 Å². The number of carbonyl (C=O) groups is 1. The largest absolute Gasteiger partial charge is 0.294 e. The van der Waals surface area contributed by atoms with Gasteiger partial charge < -0.3 is 0 Å². The third kappa shape index (κ3) is 2.46. The van der Waals surface area contributed by atoms with Crippen molar-refractivity contribution in [2.24, 2.45) is 0 Å². The van der Waals surface area contributed by atoms with Gasteiger partial charge in [-0.3, -0.25) is 4.79 Å². The van der Waals surface area contributed by atoms with E-state index < -0.39 is 23.0 Å². The van der Waals surface area contributed by atoms with Gasteiger partial charge in [0.15, 0.2) is 5.78 Å². The maximum atomic E-state index is 13.0. The van der Waals surface area contributed by atoms with Crippen molar-refractivity contribution in [3.63, 3.8) is 0 Å². The van der Waals surface area contributed by atoms with Crippen molar-refractivity contribution < 1.29 is 13.6 Å². The first-order valence-corrected chi connectivity index (χ1v) is 4.26. The first kappa shape index (κ1) is 12.5. The van der Waals surface area contributed by atoms with Crippen LogP contribution in [0.1, 0.15) is 24.7 Å². The van der Waals surface area contributed by atoms with Gasteiger partial charge in [0, 0.05) is 3.57 Å². The second-order valence-electron chi connectivity index (χ2n) is 2.27. The van der Waals surface area contributed by atoms with Crippen LogP contribution < -0.4 is 0 Å². The molecule has 0 aliphatic heterocycles. The summed E-state index contributed by atoms with van der Waals surface area (Å²) >= 11 is 1.71. The number of Topliss-reactive ketones (excluding diaryl/α,β-unsaturated/α-hetero) is 1. The number of carbonyl (C=O) groups excluding carboxylic acids is 1. The molecule has 0 N–H and O–H groups in total. The molecule has 0 atom stereocenters. The quantitative estimate of drug-likeness (QED) is 0.441.